The molecule has 0 heterocycles. The number of hydrogen-bond donors (Lipinski definition) is 0. The molecular weight excluding hydrogens is 468 g/mol. The zero-order valence-corrected chi connectivity index (χ0v) is 21.8. The molecule has 0 bridgehead atoms. The van der Waals surface area contributed by atoms with Gasteiger partial charge in [0.05, 0.1) is 13.4 Å². The molecule has 0 aliphatic rings. The lowest BCUT2D eigenvalue weighted by Gasteiger charge is -2.35. The molecule has 0 aliphatic carbocycles. The first-order chi connectivity index (χ1) is 14.5. The van der Waals surface area contributed by atoms with Crippen LogP contribution in [0.25, 0.3) is 0 Å². The number of hydrogen-bond acceptors (Lipinski definition) is 3. The smallest absolute Gasteiger partial charge is 0.330 e. The fraction of sp³-hybridized carbons (Fsp3) is 0.346. The zero-order chi connectivity index (χ0) is 23.1. The molecular formula is C26H33BrO3Si. The Bertz CT molecular complexity index is 896. The lowest BCUT2D eigenvalue weighted by Crippen LogP contribution is -2.39. The molecule has 0 N–H and O–H groups in total. The van der Waals surface area contributed by atoms with Gasteiger partial charge >= 0.3 is 5.97 Å². The van der Waals surface area contributed by atoms with Gasteiger partial charge in [0.1, 0.15) is 0 Å². The summed E-state index contributed by atoms with van der Waals surface area (Å²) < 4.78 is 12.2. The highest BCUT2D eigenvalue weighted by molar-refractivity contribution is 9.10. The zero-order valence-electron chi connectivity index (χ0n) is 19.3. The maximum atomic E-state index is 11.9. The summed E-state index contributed by atoms with van der Waals surface area (Å²) in [5.74, 6) is -0.433. The molecule has 2 aromatic rings. The van der Waals surface area contributed by atoms with Crippen LogP contribution in [0.4, 0.5) is 0 Å². The van der Waals surface area contributed by atoms with Gasteiger partial charge in [0.2, 0.25) is 8.32 Å². The highest BCUT2D eigenvalue weighted by atomic mass is 79.9. The van der Waals surface area contributed by atoms with Crippen LogP contribution in [-0.4, -0.2) is 21.4 Å². The lowest BCUT2D eigenvalue weighted by molar-refractivity contribution is -0.134. The van der Waals surface area contributed by atoms with Crippen molar-refractivity contribution < 1.29 is 14.0 Å². The fourth-order valence-electron chi connectivity index (χ4n) is 2.96. The Labute approximate surface area is 196 Å². The largest absolute Gasteiger partial charge is 0.549 e. The summed E-state index contributed by atoms with van der Waals surface area (Å²) in [6.07, 6.45) is 7.41. The maximum Gasteiger partial charge on any atom is 0.330 e. The van der Waals surface area contributed by atoms with Gasteiger partial charge in [0, 0.05) is 22.4 Å². The summed E-state index contributed by atoms with van der Waals surface area (Å²) in [7, 11) is -0.530. The third-order valence-corrected chi connectivity index (χ3v) is 10.8. The number of ether oxygens (including phenoxy) is 1. The van der Waals surface area contributed by atoms with E-state index in [9.17, 15) is 4.79 Å². The number of methoxy groups -OCH3 is 1. The minimum atomic E-state index is -1.92. The quantitative estimate of drug-likeness (QED) is 0.162. The van der Waals surface area contributed by atoms with Crippen LogP contribution in [0.1, 0.15) is 43.7 Å². The fourth-order valence-corrected chi connectivity index (χ4v) is 3.99. The minimum Gasteiger partial charge on any atom is -0.549 e. The topological polar surface area (TPSA) is 35.5 Å². The summed E-state index contributed by atoms with van der Waals surface area (Å²) in [6.45, 7) is 11.2. The third kappa shape index (κ3) is 7.22. The van der Waals surface area contributed by atoms with Crippen molar-refractivity contribution in [1.29, 1.82) is 0 Å². The molecule has 2 rings (SSSR count). The van der Waals surface area contributed by atoms with E-state index in [4.69, 9.17) is 9.16 Å². The number of rotatable bonds is 8. The van der Waals surface area contributed by atoms with Crippen LogP contribution in [0.3, 0.4) is 0 Å². The van der Waals surface area contributed by atoms with Crippen molar-refractivity contribution in [2.45, 2.75) is 50.7 Å². The van der Waals surface area contributed by atoms with Gasteiger partial charge in [0.25, 0.3) is 0 Å². The highest BCUT2D eigenvalue weighted by Crippen LogP contribution is 2.39. The van der Waals surface area contributed by atoms with Crippen LogP contribution in [0.2, 0.25) is 18.1 Å². The predicted molar refractivity (Wildman–Crippen MR) is 135 cm³/mol. The van der Waals surface area contributed by atoms with Crippen molar-refractivity contribution in [2.24, 2.45) is 0 Å². The van der Waals surface area contributed by atoms with E-state index < -0.39 is 8.32 Å². The van der Waals surface area contributed by atoms with E-state index in [1.807, 2.05) is 42.7 Å². The summed E-state index contributed by atoms with van der Waals surface area (Å²) in [5.41, 5.74) is 2.26. The van der Waals surface area contributed by atoms with Gasteiger partial charge < -0.3 is 9.16 Å². The van der Waals surface area contributed by atoms with Gasteiger partial charge in [-0.1, -0.05) is 85.2 Å². The minimum absolute atomic E-state index is 0.00644. The molecule has 0 saturated carbocycles. The number of allylic oxidation sites excluding steroid dienone is 2. The second kappa shape index (κ2) is 11.0. The van der Waals surface area contributed by atoms with Crippen LogP contribution in [-0.2, 0) is 14.0 Å². The van der Waals surface area contributed by atoms with Crippen molar-refractivity contribution >= 4 is 30.2 Å². The first-order valence-electron chi connectivity index (χ1n) is 10.5. The van der Waals surface area contributed by atoms with E-state index in [1.54, 1.807) is 0 Å². The molecule has 166 valence electrons. The van der Waals surface area contributed by atoms with Crippen LogP contribution >= 0.6 is 15.9 Å². The summed E-state index contributed by atoms with van der Waals surface area (Å²) >= 11 is 3.51. The predicted octanol–water partition coefficient (Wildman–Crippen LogP) is 7.58. The van der Waals surface area contributed by atoms with E-state index >= 15 is 0 Å². The van der Waals surface area contributed by atoms with E-state index in [0.717, 1.165) is 15.6 Å². The van der Waals surface area contributed by atoms with Crippen molar-refractivity contribution in [3.8, 4) is 0 Å². The molecule has 31 heavy (non-hydrogen) atoms. The van der Waals surface area contributed by atoms with Crippen LogP contribution < -0.4 is 0 Å². The average Bonchev–Trinajstić information content (AvgIpc) is 2.73. The van der Waals surface area contributed by atoms with Gasteiger partial charge in [-0.05, 0) is 47.5 Å². The molecule has 0 radical (unpaired) electrons. The van der Waals surface area contributed by atoms with Gasteiger partial charge in [-0.15, -0.1) is 0 Å². The van der Waals surface area contributed by atoms with E-state index in [2.05, 4.69) is 80.1 Å². The van der Waals surface area contributed by atoms with Crippen molar-refractivity contribution in [3.05, 3.63) is 94.7 Å². The highest BCUT2D eigenvalue weighted by Gasteiger charge is 2.38. The maximum absolute atomic E-state index is 11.9. The summed E-state index contributed by atoms with van der Waals surface area (Å²) in [6, 6.07) is 18.5. The lowest BCUT2D eigenvalue weighted by atomic mass is 9.81. The van der Waals surface area contributed by atoms with Crippen molar-refractivity contribution in [3.63, 3.8) is 0 Å². The Morgan fingerprint density at radius 2 is 1.48 bits per heavy atom. The number of halogens is 1. The molecule has 0 fully saturated rings. The Balaban J connectivity index is 2.48. The van der Waals surface area contributed by atoms with Crippen LogP contribution in [0, 0.1) is 0 Å². The molecule has 2 aromatic carbocycles. The molecule has 0 saturated heterocycles. The molecule has 2 atom stereocenters. The second-order valence-electron chi connectivity index (χ2n) is 9.10. The Hall–Kier alpha value is -2.11. The van der Waals surface area contributed by atoms with E-state index in [1.165, 1.54) is 13.2 Å². The molecule has 0 amide bonds. The molecule has 0 unspecified atom stereocenters. The molecule has 0 aromatic heterocycles. The second-order valence-corrected chi connectivity index (χ2v) is 14.8. The molecule has 0 spiro atoms. The van der Waals surface area contributed by atoms with Crippen molar-refractivity contribution in [1.82, 2.24) is 0 Å². The van der Waals surface area contributed by atoms with Gasteiger partial charge in [-0.25, -0.2) is 4.79 Å². The average molecular weight is 502 g/mol. The molecule has 0 aliphatic heterocycles. The number of carbonyl (C=O) groups is 1. The number of benzene rings is 2. The van der Waals surface area contributed by atoms with Gasteiger partial charge in [-0.3, -0.25) is 0 Å². The first kappa shape index (κ1) is 25.2. The monoisotopic (exact) mass is 500 g/mol. The van der Waals surface area contributed by atoms with E-state index in [-0.39, 0.29) is 22.8 Å². The Morgan fingerprint density at radius 1 is 0.935 bits per heavy atom. The van der Waals surface area contributed by atoms with E-state index in [0.29, 0.717) is 0 Å². The Morgan fingerprint density at radius 3 is 2.03 bits per heavy atom. The number of esters is 1. The first-order valence-corrected chi connectivity index (χ1v) is 14.2. The van der Waals surface area contributed by atoms with Crippen molar-refractivity contribution in [2.75, 3.05) is 7.11 Å². The number of carbonyl (C=O) groups excluding carboxylic acids is 1. The SMILES string of the molecule is COC(=O)/C=C/[C@H](c1ccc(Br)cc1)[C@H](/C=C\O[Si](C)(C)C(C)(C)C)c1ccccc1. The normalized spacial score (nSPS) is 14.5. The van der Waals surface area contributed by atoms with Gasteiger partial charge in [0.15, 0.2) is 0 Å². The molecule has 5 heteroatoms. The Kier molecular flexibility index (Phi) is 8.89. The summed E-state index contributed by atoms with van der Waals surface area (Å²) in [4.78, 5) is 11.9. The van der Waals surface area contributed by atoms with Crippen LogP contribution in [0.15, 0.2) is 83.6 Å². The molecule has 3 nitrogen and oxygen atoms in total. The summed E-state index contributed by atoms with van der Waals surface area (Å²) in [5, 5.41) is 0.121. The van der Waals surface area contributed by atoms with Gasteiger partial charge in [-0.2, -0.15) is 0 Å². The standard InChI is InChI=1S/C26H33BrO3Si/c1-26(2,3)31(5,6)30-19-18-24(20-10-8-7-9-11-20)23(16-17-25(28)29-4)21-12-14-22(27)15-13-21/h7-19,23-24H,1-6H3/b17-16+,19-18-/t23-,24-/m1/s1. The van der Waals surface area contributed by atoms with Crippen LogP contribution in [0.5, 0.6) is 0 Å². The third-order valence-electron chi connectivity index (χ3n) is 5.92.